The number of ether oxygens (including phenoxy) is 1. The maximum atomic E-state index is 12.7. The fourth-order valence-corrected chi connectivity index (χ4v) is 4.58. The van der Waals surface area contributed by atoms with Crippen molar-refractivity contribution < 1.29 is 18.7 Å². The maximum Gasteiger partial charge on any atom is 0.360 e. The first kappa shape index (κ1) is 23.7. The molecule has 0 bridgehead atoms. The van der Waals surface area contributed by atoms with E-state index >= 15 is 0 Å². The molecule has 1 amide bonds. The number of nitrogens with one attached hydrogen (secondary N) is 1. The lowest BCUT2D eigenvalue weighted by molar-refractivity contribution is 0.0595. The van der Waals surface area contributed by atoms with E-state index < -0.39 is 11.9 Å². The van der Waals surface area contributed by atoms with Crippen molar-refractivity contribution in [2.24, 2.45) is 0 Å². The summed E-state index contributed by atoms with van der Waals surface area (Å²) < 4.78 is 10.6. The van der Waals surface area contributed by atoms with E-state index in [1.165, 1.54) is 48.2 Å². The quantitative estimate of drug-likeness (QED) is 0.514. The Labute approximate surface area is 200 Å². The molecule has 0 spiro atoms. The number of benzene rings is 1. The van der Waals surface area contributed by atoms with Crippen LogP contribution in [0.2, 0.25) is 0 Å². The van der Waals surface area contributed by atoms with Gasteiger partial charge in [0, 0.05) is 18.8 Å². The minimum Gasteiger partial charge on any atom is -0.464 e. The highest BCUT2D eigenvalue weighted by Gasteiger charge is 2.37. The second-order valence-electron chi connectivity index (χ2n) is 10.2. The summed E-state index contributed by atoms with van der Waals surface area (Å²) in [5, 5.41) is 2.58. The van der Waals surface area contributed by atoms with Gasteiger partial charge in [-0.15, -0.1) is 0 Å². The number of hydrogen-bond acceptors (Lipinski definition) is 6. The lowest BCUT2D eigenvalue weighted by Gasteiger charge is -2.42. The molecule has 34 heavy (non-hydrogen) atoms. The fraction of sp³-hybridized carbons (Fsp3) is 0.407. The maximum absolute atomic E-state index is 12.7. The SMILES string of the molecule is COC(=O)c1nccnc1NC(=O)c1ccc(Cc2cc3c(cc2C)C(C)(C)CCC3(C)C)o1. The Hall–Kier alpha value is -3.48. The summed E-state index contributed by atoms with van der Waals surface area (Å²) in [4.78, 5) is 32.6. The first-order valence-corrected chi connectivity index (χ1v) is 11.5. The highest BCUT2D eigenvalue weighted by Crippen LogP contribution is 2.46. The van der Waals surface area contributed by atoms with Gasteiger partial charge >= 0.3 is 5.97 Å². The Balaban J connectivity index is 1.56. The van der Waals surface area contributed by atoms with Crippen LogP contribution in [0.25, 0.3) is 0 Å². The van der Waals surface area contributed by atoms with E-state index in [9.17, 15) is 9.59 Å². The van der Waals surface area contributed by atoms with Gasteiger partial charge < -0.3 is 14.5 Å². The zero-order valence-electron chi connectivity index (χ0n) is 20.6. The van der Waals surface area contributed by atoms with Crippen LogP contribution in [0.15, 0.2) is 41.1 Å². The highest BCUT2D eigenvalue weighted by atomic mass is 16.5. The summed E-state index contributed by atoms with van der Waals surface area (Å²) in [6.07, 6.45) is 5.65. The minimum atomic E-state index is -0.683. The number of anilines is 1. The molecule has 0 saturated carbocycles. The topological polar surface area (TPSA) is 94.3 Å². The van der Waals surface area contributed by atoms with Crippen molar-refractivity contribution in [1.29, 1.82) is 0 Å². The molecular weight excluding hydrogens is 430 g/mol. The number of aryl methyl sites for hydroxylation is 1. The molecule has 0 radical (unpaired) electrons. The third-order valence-electron chi connectivity index (χ3n) is 6.87. The standard InChI is InChI=1S/C27H31N3O4/c1-16-13-19-20(27(4,5)10-9-26(19,2)3)15-17(16)14-18-7-8-21(34-18)24(31)30-23-22(25(32)33-6)28-11-12-29-23/h7-8,11-13,15H,9-10,14H2,1-6H3,(H,29,30,31). The molecule has 1 aliphatic carbocycles. The largest absolute Gasteiger partial charge is 0.464 e. The van der Waals surface area contributed by atoms with Crippen molar-refractivity contribution in [3.05, 3.63) is 76.1 Å². The molecule has 2 aromatic heterocycles. The zero-order valence-corrected chi connectivity index (χ0v) is 20.6. The lowest BCUT2D eigenvalue weighted by atomic mass is 9.62. The monoisotopic (exact) mass is 461 g/mol. The molecule has 3 aromatic rings. The van der Waals surface area contributed by atoms with Gasteiger partial charge in [-0.05, 0) is 65.0 Å². The number of hydrogen-bond donors (Lipinski definition) is 1. The number of carbonyl (C=O) groups excluding carboxylic acids is 2. The van der Waals surface area contributed by atoms with Gasteiger partial charge in [0.15, 0.2) is 17.3 Å². The summed E-state index contributed by atoms with van der Waals surface area (Å²) >= 11 is 0. The Kier molecular flexibility index (Phi) is 6.06. The highest BCUT2D eigenvalue weighted by molar-refractivity contribution is 6.05. The summed E-state index contributed by atoms with van der Waals surface area (Å²) in [7, 11) is 1.24. The molecule has 0 aliphatic heterocycles. The van der Waals surface area contributed by atoms with Crippen molar-refractivity contribution in [3.63, 3.8) is 0 Å². The Morgan fingerprint density at radius 3 is 2.35 bits per heavy atom. The van der Waals surface area contributed by atoms with Crippen LogP contribution in [0.3, 0.4) is 0 Å². The molecule has 7 heteroatoms. The van der Waals surface area contributed by atoms with Crippen LogP contribution in [-0.2, 0) is 22.0 Å². The van der Waals surface area contributed by atoms with E-state index in [2.05, 4.69) is 62.0 Å². The Bertz CT molecular complexity index is 1260. The number of carbonyl (C=O) groups is 2. The van der Waals surface area contributed by atoms with Gasteiger partial charge in [-0.25, -0.2) is 14.8 Å². The van der Waals surface area contributed by atoms with Crippen LogP contribution in [0.4, 0.5) is 5.82 Å². The van der Waals surface area contributed by atoms with E-state index in [0.717, 1.165) is 6.42 Å². The van der Waals surface area contributed by atoms with E-state index in [1.807, 2.05) is 0 Å². The van der Waals surface area contributed by atoms with E-state index in [1.54, 1.807) is 12.1 Å². The molecule has 178 valence electrons. The predicted molar refractivity (Wildman–Crippen MR) is 129 cm³/mol. The molecule has 2 heterocycles. The molecule has 4 rings (SSSR count). The molecule has 0 fully saturated rings. The van der Waals surface area contributed by atoms with Crippen molar-refractivity contribution in [2.45, 2.75) is 64.7 Å². The predicted octanol–water partition coefficient (Wildman–Crippen LogP) is 5.36. The molecule has 0 atom stereocenters. The van der Waals surface area contributed by atoms with Gasteiger partial charge in [0.05, 0.1) is 7.11 Å². The smallest absolute Gasteiger partial charge is 0.360 e. The van der Waals surface area contributed by atoms with Gasteiger partial charge in [-0.1, -0.05) is 39.8 Å². The average Bonchev–Trinajstić information content (AvgIpc) is 3.26. The molecule has 1 N–H and O–H groups in total. The second-order valence-corrected chi connectivity index (χ2v) is 10.2. The zero-order chi connectivity index (χ0) is 24.7. The number of amides is 1. The average molecular weight is 462 g/mol. The summed E-state index contributed by atoms with van der Waals surface area (Å²) in [5.74, 6) is -0.353. The molecule has 0 saturated heterocycles. The van der Waals surface area contributed by atoms with Crippen LogP contribution < -0.4 is 5.32 Å². The van der Waals surface area contributed by atoms with Crippen molar-refractivity contribution in [3.8, 4) is 0 Å². The Morgan fingerprint density at radius 2 is 1.68 bits per heavy atom. The van der Waals surface area contributed by atoms with E-state index in [0.29, 0.717) is 12.2 Å². The minimum absolute atomic E-state index is 0.0210. The van der Waals surface area contributed by atoms with Crippen LogP contribution in [0.5, 0.6) is 0 Å². The van der Waals surface area contributed by atoms with Crippen molar-refractivity contribution in [1.82, 2.24) is 9.97 Å². The van der Waals surface area contributed by atoms with Gasteiger partial charge in [0.25, 0.3) is 5.91 Å². The van der Waals surface area contributed by atoms with Crippen LogP contribution in [0, 0.1) is 6.92 Å². The molecule has 1 aromatic carbocycles. The second kappa shape index (κ2) is 8.70. The lowest BCUT2D eigenvalue weighted by Crippen LogP contribution is -2.34. The first-order valence-electron chi connectivity index (χ1n) is 11.5. The van der Waals surface area contributed by atoms with E-state index in [4.69, 9.17) is 9.15 Å². The number of fused-ring (bicyclic) bond motifs is 1. The molecular formula is C27H31N3O4. The molecule has 1 aliphatic rings. The number of aromatic nitrogens is 2. The van der Waals surface area contributed by atoms with Crippen molar-refractivity contribution >= 4 is 17.7 Å². The fourth-order valence-electron chi connectivity index (χ4n) is 4.58. The number of esters is 1. The number of methoxy groups -OCH3 is 1. The van der Waals surface area contributed by atoms with Crippen LogP contribution in [-0.4, -0.2) is 29.0 Å². The van der Waals surface area contributed by atoms with Crippen LogP contribution >= 0.6 is 0 Å². The summed E-state index contributed by atoms with van der Waals surface area (Å²) in [5.41, 5.74) is 5.44. The third-order valence-corrected chi connectivity index (χ3v) is 6.87. The van der Waals surface area contributed by atoms with Crippen LogP contribution in [0.1, 0.15) is 89.6 Å². The summed E-state index contributed by atoms with van der Waals surface area (Å²) in [6.45, 7) is 11.4. The number of rotatable bonds is 5. The third kappa shape index (κ3) is 4.47. The summed E-state index contributed by atoms with van der Waals surface area (Å²) in [6, 6.07) is 8.07. The van der Waals surface area contributed by atoms with E-state index in [-0.39, 0.29) is 28.1 Å². The normalized spacial score (nSPS) is 15.9. The van der Waals surface area contributed by atoms with Gasteiger partial charge in [-0.2, -0.15) is 0 Å². The van der Waals surface area contributed by atoms with Gasteiger partial charge in [-0.3, -0.25) is 4.79 Å². The van der Waals surface area contributed by atoms with Crippen molar-refractivity contribution in [2.75, 3.05) is 12.4 Å². The molecule has 0 unspecified atom stereocenters. The van der Waals surface area contributed by atoms with Gasteiger partial charge in [0.2, 0.25) is 0 Å². The Morgan fingerprint density at radius 1 is 1.03 bits per heavy atom. The van der Waals surface area contributed by atoms with Gasteiger partial charge in [0.1, 0.15) is 5.76 Å². The number of nitrogens with zero attached hydrogens (tertiary/aromatic N) is 2. The number of furan rings is 1. The molecule has 7 nitrogen and oxygen atoms in total. The first-order chi connectivity index (χ1) is 16.0.